The second kappa shape index (κ2) is 9.78. The number of para-hydroxylation sites is 1. The third-order valence-electron chi connectivity index (χ3n) is 4.83. The molecular formula is C21H26ClN3O3. The molecule has 1 N–H and O–H groups in total. The molecule has 0 atom stereocenters. The van der Waals surface area contributed by atoms with Gasteiger partial charge in [-0.25, -0.2) is 0 Å². The van der Waals surface area contributed by atoms with Crippen LogP contribution in [0.1, 0.15) is 5.56 Å². The van der Waals surface area contributed by atoms with Gasteiger partial charge in [0.2, 0.25) is 5.91 Å². The van der Waals surface area contributed by atoms with Crippen LogP contribution in [-0.2, 0) is 11.3 Å². The van der Waals surface area contributed by atoms with Crippen molar-refractivity contribution in [3.8, 4) is 11.5 Å². The minimum Gasteiger partial charge on any atom is -0.493 e. The Labute approximate surface area is 171 Å². The number of amides is 1. The molecule has 150 valence electrons. The summed E-state index contributed by atoms with van der Waals surface area (Å²) in [6.45, 7) is 4.74. The zero-order valence-corrected chi connectivity index (χ0v) is 17.0. The Kier molecular flexibility index (Phi) is 7.14. The van der Waals surface area contributed by atoms with Gasteiger partial charge < -0.3 is 14.8 Å². The van der Waals surface area contributed by atoms with Gasteiger partial charge in [-0.3, -0.25) is 14.6 Å². The van der Waals surface area contributed by atoms with E-state index in [2.05, 4.69) is 21.2 Å². The van der Waals surface area contributed by atoms with Crippen LogP contribution in [-0.4, -0.2) is 62.7 Å². The first kappa shape index (κ1) is 20.5. The summed E-state index contributed by atoms with van der Waals surface area (Å²) in [7, 11) is 3.28. The van der Waals surface area contributed by atoms with Gasteiger partial charge in [0, 0.05) is 32.7 Å². The zero-order chi connectivity index (χ0) is 19.9. The molecule has 6 nitrogen and oxygen atoms in total. The standard InChI is InChI=1S/C21H26ClN3O3/c1-27-19-8-7-16(13-20(19)28-2)14-24-9-11-25(12-10-24)15-21(26)23-18-6-4-3-5-17(18)22/h3-8,13H,9-12,14-15H2,1-2H3,(H,23,26). The van der Waals surface area contributed by atoms with Gasteiger partial charge in [-0.15, -0.1) is 0 Å². The quantitative estimate of drug-likeness (QED) is 0.769. The van der Waals surface area contributed by atoms with E-state index >= 15 is 0 Å². The molecule has 0 radical (unpaired) electrons. The van der Waals surface area contributed by atoms with Crippen molar-refractivity contribution in [2.75, 3.05) is 52.3 Å². The maximum atomic E-state index is 12.3. The highest BCUT2D eigenvalue weighted by Crippen LogP contribution is 2.28. The van der Waals surface area contributed by atoms with E-state index in [1.165, 1.54) is 5.56 Å². The number of benzene rings is 2. The molecule has 28 heavy (non-hydrogen) atoms. The molecule has 1 aliphatic heterocycles. The highest BCUT2D eigenvalue weighted by molar-refractivity contribution is 6.33. The Morgan fingerprint density at radius 2 is 1.68 bits per heavy atom. The van der Waals surface area contributed by atoms with Crippen LogP contribution in [0, 0.1) is 0 Å². The zero-order valence-electron chi connectivity index (χ0n) is 16.3. The summed E-state index contributed by atoms with van der Waals surface area (Å²) >= 11 is 6.10. The van der Waals surface area contributed by atoms with E-state index in [0.29, 0.717) is 17.3 Å². The van der Waals surface area contributed by atoms with E-state index in [0.717, 1.165) is 44.2 Å². The fraction of sp³-hybridized carbons (Fsp3) is 0.381. The smallest absolute Gasteiger partial charge is 0.238 e. The molecule has 1 amide bonds. The molecule has 7 heteroatoms. The number of piperazine rings is 1. The number of nitrogens with one attached hydrogen (secondary N) is 1. The highest BCUT2D eigenvalue weighted by Gasteiger charge is 2.20. The van der Waals surface area contributed by atoms with Gasteiger partial charge in [0.1, 0.15) is 0 Å². The van der Waals surface area contributed by atoms with Crippen molar-refractivity contribution in [3.63, 3.8) is 0 Å². The second-order valence-corrected chi connectivity index (χ2v) is 7.18. The molecular weight excluding hydrogens is 378 g/mol. The molecule has 0 unspecified atom stereocenters. The van der Waals surface area contributed by atoms with E-state index in [9.17, 15) is 4.79 Å². The number of hydrogen-bond acceptors (Lipinski definition) is 5. The summed E-state index contributed by atoms with van der Waals surface area (Å²) in [5.41, 5.74) is 1.84. The minimum atomic E-state index is -0.0403. The molecule has 2 aromatic carbocycles. The van der Waals surface area contributed by atoms with Crippen molar-refractivity contribution >= 4 is 23.2 Å². The van der Waals surface area contributed by atoms with E-state index in [1.807, 2.05) is 24.3 Å². The maximum absolute atomic E-state index is 12.3. The largest absolute Gasteiger partial charge is 0.493 e. The lowest BCUT2D eigenvalue weighted by molar-refractivity contribution is -0.117. The number of nitrogens with zero attached hydrogens (tertiary/aromatic N) is 2. The normalized spacial score (nSPS) is 15.2. The first-order valence-corrected chi connectivity index (χ1v) is 9.67. The fourth-order valence-corrected chi connectivity index (χ4v) is 3.48. The van der Waals surface area contributed by atoms with E-state index in [1.54, 1.807) is 26.4 Å². The molecule has 0 spiro atoms. The van der Waals surface area contributed by atoms with Crippen LogP contribution < -0.4 is 14.8 Å². The maximum Gasteiger partial charge on any atom is 0.238 e. The molecule has 2 aromatic rings. The Morgan fingerprint density at radius 3 is 2.36 bits per heavy atom. The first-order chi connectivity index (χ1) is 13.6. The summed E-state index contributed by atoms with van der Waals surface area (Å²) < 4.78 is 10.7. The number of carbonyl (C=O) groups excluding carboxylic acids is 1. The molecule has 1 saturated heterocycles. The van der Waals surface area contributed by atoms with Gasteiger partial charge in [-0.1, -0.05) is 29.8 Å². The molecule has 1 fully saturated rings. The van der Waals surface area contributed by atoms with Crippen LogP contribution in [0.25, 0.3) is 0 Å². The van der Waals surface area contributed by atoms with Crippen molar-refractivity contribution in [2.24, 2.45) is 0 Å². The number of methoxy groups -OCH3 is 2. The van der Waals surface area contributed by atoms with Gasteiger partial charge in [-0.05, 0) is 29.8 Å². The Bertz CT molecular complexity index is 807. The Morgan fingerprint density at radius 1 is 1.00 bits per heavy atom. The molecule has 1 heterocycles. The van der Waals surface area contributed by atoms with E-state index < -0.39 is 0 Å². The summed E-state index contributed by atoms with van der Waals surface area (Å²) in [5, 5.41) is 3.43. The Hall–Kier alpha value is -2.28. The van der Waals surface area contributed by atoms with E-state index in [-0.39, 0.29) is 5.91 Å². The molecule has 0 saturated carbocycles. The van der Waals surface area contributed by atoms with Gasteiger partial charge in [0.25, 0.3) is 0 Å². The van der Waals surface area contributed by atoms with Crippen molar-refractivity contribution in [2.45, 2.75) is 6.54 Å². The van der Waals surface area contributed by atoms with Crippen LogP contribution in [0.15, 0.2) is 42.5 Å². The van der Waals surface area contributed by atoms with Crippen LogP contribution >= 0.6 is 11.6 Å². The Balaban J connectivity index is 1.47. The lowest BCUT2D eigenvalue weighted by Gasteiger charge is -2.34. The predicted molar refractivity (Wildman–Crippen MR) is 111 cm³/mol. The predicted octanol–water partition coefficient (Wildman–Crippen LogP) is 3.11. The topological polar surface area (TPSA) is 54.0 Å². The van der Waals surface area contributed by atoms with Crippen molar-refractivity contribution in [1.82, 2.24) is 9.80 Å². The van der Waals surface area contributed by atoms with Crippen LogP contribution in [0.5, 0.6) is 11.5 Å². The number of anilines is 1. The number of ether oxygens (including phenoxy) is 2. The number of carbonyl (C=O) groups is 1. The van der Waals surface area contributed by atoms with Gasteiger partial charge in [-0.2, -0.15) is 0 Å². The number of hydrogen-bond donors (Lipinski definition) is 1. The third-order valence-corrected chi connectivity index (χ3v) is 5.16. The summed E-state index contributed by atoms with van der Waals surface area (Å²) in [4.78, 5) is 16.8. The van der Waals surface area contributed by atoms with Crippen molar-refractivity contribution < 1.29 is 14.3 Å². The van der Waals surface area contributed by atoms with Gasteiger partial charge in [0.15, 0.2) is 11.5 Å². The third kappa shape index (κ3) is 5.38. The molecule has 3 rings (SSSR count). The lowest BCUT2D eigenvalue weighted by atomic mass is 10.1. The van der Waals surface area contributed by atoms with Gasteiger partial charge in [0.05, 0.1) is 31.5 Å². The lowest BCUT2D eigenvalue weighted by Crippen LogP contribution is -2.48. The average Bonchev–Trinajstić information content (AvgIpc) is 2.71. The SMILES string of the molecule is COc1ccc(CN2CCN(CC(=O)Nc3ccccc3Cl)CC2)cc1OC. The molecule has 1 aliphatic rings. The minimum absolute atomic E-state index is 0.0403. The van der Waals surface area contributed by atoms with Crippen LogP contribution in [0.2, 0.25) is 5.02 Å². The van der Waals surface area contributed by atoms with Gasteiger partial charge >= 0.3 is 0 Å². The van der Waals surface area contributed by atoms with Crippen LogP contribution in [0.3, 0.4) is 0 Å². The molecule has 0 aromatic heterocycles. The number of rotatable bonds is 7. The second-order valence-electron chi connectivity index (χ2n) is 6.77. The molecule has 0 bridgehead atoms. The van der Waals surface area contributed by atoms with E-state index in [4.69, 9.17) is 21.1 Å². The summed E-state index contributed by atoms with van der Waals surface area (Å²) in [6.07, 6.45) is 0. The monoisotopic (exact) mass is 403 g/mol. The number of halogens is 1. The summed E-state index contributed by atoms with van der Waals surface area (Å²) in [5.74, 6) is 1.44. The van der Waals surface area contributed by atoms with Crippen molar-refractivity contribution in [1.29, 1.82) is 0 Å². The van der Waals surface area contributed by atoms with Crippen molar-refractivity contribution in [3.05, 3.63) is 53.1 Å². The summed E-state index contributed by atoms with van der Waals surface area (Å²) in [6, 6.07) is 13.3. The first-order valence-electron chi connectivity index (χ1n) is 9.29. The highest BCUT2D eigenvalue weighted by atomic mass is 35.5. The fourth-order valence-electron chi connectivity index (χ4n) is 3.30. The van der Waals surface area contributed by atoms with Crippen LogP contribution in [0.4, 0.5) is 5.69 Å². The molecule has 0 aliphatic carbocycles. The average molecular weight is 404 g/mol.